The van der Waals surface area contributed by atoms with Crippen molar-refractivity contribution in [3.8, 4) is 0 Å². The van der Waals surface area contributed by atoms with Crippen molar-refractivity contribution in [2.24, 2.45) is 11.8 Å². The summed E-state index contributed by atoms with van der Waals surface area (Å²) in [6.45, 7) is 9.55. The lowest BCUT2D eigenvalue weighted by Crippen LogP contribution is -2.30. The van der Waals surface area contributed by atoms with Gasteiger partial charge in [0.1, 0.15) is 19.3 Å². The molecule has 0 saturated carbocycles. The largest absolute Gasteiger partial charge is 0.472 e. The quantitative estimate of drug-likeness (QED) is 0.0222. The summed E-state index contributed by atoms with van der Waals surface area (Å²) in [6.07, 6.45) is 52.9. The Hall–Kier alpha value is -1.94. The highest BCUT2D eigenvalue weighted by atomic mass is 31.2. The maximum Gasteiger partial charge on any atom is 0.472 e. The molecule has 0 bridgehead atoms. The van der Waals surface area contributed by atoms with Crippen LogP contribution < -0.4 is 0 Å². The lowest BCUT2D eigenvalue weighted by Gasteiger charge is -2.21. The van der Waals surface area contributed by atoms with E-state index >= 15 is 0 Å². The van der Waals surface area contributed by atoms with Gasteiger partial charge in [0.25, 0.3) is 0 Å². The smallest absolute Gasteiger partial charge is 0.462 e. The number of unbranched alkanes of at least 4 members (excludes halogenated alkanes) is 42. The molecule has 0 aliphatic heterocycles. The molecular formula is C74H144O17P2. The van der Waals surface area contributed by atoms with Gasteiger partial charge in [-0.2, -0.15) is 0 Å². The average Bonchev–Trinajstić information content (AvgIpc) is 1.86. The molecule has 3 N–H and O–H groups in total. The Kier molecular flexibility index (Phi) is 64.6. The molecule has 0 aromatic heterocycles. The second kappa shape index (κ2) is 66.0. The minimum Gasteiger partial charge on any atom is -0.462 e. The number of hydrogen-bond acceptors (Lipinski definition) is 15. The molecule has 0 aromatic carbocycles. The first-order valence-corrected chi connectivity index (χ1v) is 41.5. The molecule has 0 saturated heterocycles. The van der Waals surface area contributed by atoms with Crippen molar-refractivity contribution < 1.29 is 80.2 Å². The van der Waals surface area contributed by atoms with E-state index in [1.54, 1.807) is 0 Å². The summed E-state index contributed by atoms with van der Waals surface area (Å²) < 4.78 is 68.3. The van der Waals surface area contributed by atoms with E-state index in [4.69, 9.17) is 37.0 Å². The van der Waals surface area contributed by atoms with Crippen LogP contribution in [0.25, 0.3) is 0 Å². The summed E-state index contributed by atoms with van der Waals surface area (Å²) in [5.74, 6) is -0.570. The maximum absolute atomic E-state index is 13.0. The first-order valence-electron chi connectivity index (χ1n) is 38.5. The van der Waals surface area contributed by atoms with Crippen LogP contribution in [0.5, 0.6) is 0 Å². The van der Waals surface area contributed by atoms with Gasteiger partial charge in [-0.15, -0.1) is 0 Å². The van der Waals surface area contributed by atoms with Gasteiger partial charge >= 0.3 is 39.5 Å². The van der Waals surface area contributed by atoms with Gasteiger partial charge in [0.2, 0.25) is 0 Å². The van der Waals surface area contributed by atoms with Crippen molar-refractivity contribution >= 4 is 39.5 Å². The Bertz CT molecular complexity index is 1810. The second-order valence-corrected chi connectivity index (χ2v) is 30.3. The van der Waals surface area contributed by atoms with E-state index in [2.05, 4.69) is 41.5 Å². The zero-order valence-corrected chi connectivity index (χ0v) is 62.3. The van der Waals surface area contributed by atoms with Crippen LogP contribution in [0.3, 0.4) is 0 Å². The van der Waals surface area contributed by atoms with E-state index in [1.807, 2.05) is 0 Å². The summed E-state index contributed by atoms with van der Waals surface area (Å²) in [7, 11) is -9.90. The van der Waals surface area contributed by atoms with E-state index in [0.717, 1.165) is 102 Å². The molecule has 93 heavy (non-hydrogen) atoms. The maximum atomic E-state index is 13.0. The van der Waals surface area contributed by atoms with Gasteiger partial charge in [-0.25, -0.2) is 9.13 Å². The highest BCUT2D eigenvalue weighted by Gasteiger charge is 2.30. The molecule has 552 valence electrons. The first-order chi connectivity index (χ1) is 44.9. The van der Waals surface area contributed by atoms with Crippen molar-refractivity contribution in [2.75, 3.05) is 39.6 Å². The number of hydrogen-bond donors (Lipinski definition) is 3. The molecule has 19 heteroatoms. The zero-order chi connectivity index (χ0) is 68.6. The molecular weight excluding hydrogens is 1220 g/mol. The monoisotopic (exact) mass is 1370 g/mol. The Morgan fingerprint density at radius 1 is 0.312 bits per heavy atom. The van der Waals surface area contributed by atoms with Crippen LogP contribution in [0.4, 0.5) is 0 Å². The molecule has 0 aromatic rings. The third kappa shape index (κ3) is 67.0. The standard InChI is InChI=1S/C74H144O17P2/c1-7-10-12-14-16-18-28-33-37-44-50-56-71(76)84-62-69(90-74(79)59-53-47-39-35-31-27-25-23-21-20-22-24-26-30-32-36-43-49-55-67(6)9-3)64-88-92(80,81)86-60-68(75)61-87-93(82,83)89-65-70(63-85-72(77)57-51-45-41-40-42-48-54-66(4)5)91-73(78)58-52-46-38-34-29-19-17-15-13-11-8-2/h66-70,75H,7-65H2,1-6H3,(H,80,81)(H,82,83)/t67?,68-,69-,70-/m1/s1. The van der Waals surface area contributed by atoms with Crippen molar-refractivity contribution in [2.45, 2.75) is 400 Å². The van der Waals surface area contributed by atoms with Crippen molar-refractivity contribution in [3.63, 3.8) is 0 Å². The van der Waals surface area contributed by atoms with Gasteiger partial charge in [0.15, 0.2) is 12.2 Å². The van der Waals surface area contributed by atoms with Gasteiger partial charge in [-0.3, -0.25) is 37.3 Å². The number of carbonyl (C=O) groups is 4. The SMILES string of the molecule is CCCCCCCCCCCCCC(=O)OC[C@H](COP(=O)(O)OC[C@@H](O)COP(=O)(O)OC[C@@H](COC(=O)CCCCCCCCC(C)C)OC(=O)CCCCCCCCCCCCC)OC(=O)CCCCCCCCCCCCCCCCCCCCC(C)CC. The second-order valence-electron chi connectivity index (χ2n) is 27.4. The van der Waals surface area contributed by atoms with Crippen molar-refractivity contribution in [3.05, 3.63) is 0 Å². The minimum absolute atomic E-state index is 0.106. The van der Waals surface area contributed by atoms with Crippen LogP contribution in [0, 0.1) is 11.8 Å². The summed E-state index contributed by atoms with van der Waals surface area (Å²) in [5.41, 5.74) is 0. The zero-order valence-electron chi connectivity index (χ0n) is 60.6. The minimum atomic E-state index is -4.95. The molecule has 0 fully saturated rings. The number of aliphatic hydroxyl groups excluding tert-OH is 1. The van der Waals surface area contributed by atoms with Crippen LogP contribution in [0.2, 0.25) is 0 Å². The Morgan fingerprint density at radius 3 is 0.817 bits per heavy atom. The fourth-order valence-corrected chi connectivity index (χ4v) is 12.8. The Morgan fingerprint density at radius 2 is 0.548 bits per heavy atom. The fraction of sp³-hybridized carbons (Fsp3) is 0.946. The highest BCUT2D eigenvalue weighted by molar-refractivity contribution is 7.47. The first kappa shape index (κ1) is 91.1. The lowest BCUT2D eigenvalue weighted by atomic mass is 9.99. The molecule has 0 rings (SSSR count). The normalized spacial score (nSPS) is 14.3. The number of phosphoric ester groups is 2. The predicted octanol–water partition coefficient (Wildman–Crippen LogP) is 21.6. The summed E-state index contributed by atoms with van der Waals surface area (Å²) in [4.78, 5) is 72.6. The molecule has 6 atom stereocenters. The molecule has 0 amide bonds. The molecule has 3 unspecified atom stereocenters. The van der Waals surface area contributed by atoms with Crippen LogP contribution >= 0.6 is 15.6 Å². The van der Waals surface area contributed by atoms with Gasteiger partial charge in [0, 0.05) is 25.7 Å². The molecule has 0 aliphatic carbocycles. The summed E-state index contributed by atoms with van der Waals surface area (Å²) in [6, 6.07) is 0. The average molecular weight is 1370 g/mol. The topological polar surface area (TPSA) is 237 Å². The molecule has 0 heterocycles. The van der Waals surface area contributed by atoms with Crippen LogP contribution in [-0.4, -0.2) is 96.7 Å². The van der Waals surface area contributed by atoms with Crippen molar-refractivity contribution in [1.82, 2.24) is 0 Å². The van der Waals surface area contributed by atoms with E-state index in [0.29, 0.717) is 31.6 Å². The predicted molar refractivity (Wildman–Crippen MR) is 377 cm³/mol. The van der Waals surface area contributed by atoms with Gasteiger partial charge in [0.05, 0.1) is 26.4 Å². The number of carbonyl (C=O) groups excluding carboxylic acids is 4. The van der Waals surface area contributed by atoms with E-state index in [9.17, 15) is 43.2 Å². The number of aliphatic hydroxyl groups is 1. The van der Waals surface area contributed by atoms with Crippen LogP contribution in [-0.2, 0) is 65.4 Å². The van der Waals surface area contributed by atoms with Gasteiger partial charge < -0.3 is 33.8 Å². The third-order valence-electron chi connectivity index (χ3n) is 17.6. The molecule has 0 spiro atoms. The summed E-state index contributed by atoms with van der Waals surface area (Å²) >= 11 is 0. The van der Waals surface area contributed by atoms with E-state index in [-0.39, 0.29) is 25.7 Å². The van der Waals surface area contributed by atoms with E-state index in [1.165, 1.54) is 193 Å². The van der Waals surface area contributed by atoms with Crippen LogP contribution in [0.1, 0.15) is 382 Å². The van der Waals surface area contributed by atoms with Gasteiger partial charge in [-0.05, 0) is 37.5 Å². The van der Waals surface area contributed by atoms with E-state index < -0.39 is 97.5 Å². The Balaban J connectivity index is 5.15. The third-order valence-corrected chi connectivity index (χ3v) is 19.5. The molecule has 0 aliphatic rings. The highest BCUT2D eigenvalue weighted by Crippen LogP contribution is 2.45. The van der Waals surface area contributed by atoms with Crippen molar-refractivity contribution in [1.29, 1.82) is 0 Å². The molecule has 17 nitrogen and oxygen atoms in total. The van der Waals surface area contributed by atoms with Crippen LogP contribution in [0.15, 0.2) is 0 Å². The number of esters is 4. The fourth-order valence-electron chi connectivity index (χ4n) is 11.3. The summed E-state index contributed by atoms with van der Waals surface area (Å²) in [5, 5.41) is 10.6. The number of ether oxygens (including phenoxy) is 4. The Labute approximate surface area is 568 Å². The lowest BCUT2D eigenvalue weighted by molar-refractivity contribution is -0.161. The van der Waals surface area contributed by atoms with Gasteiger partial charge in [-0.1, -0.05) is 330 Å². The number of rotatable bonds is 73. The molecule has 0 radical (unpaired) electrons. The number of phosphoric acid groups is 2.